The molecule has 0 aliphatic carbocycles. The van der Waals surface area contributed by atoms with Crippen LogP contribution in [0.1, 0.15) is 31.7 Å². The van der Waals surface area contributed by atoms with Gasteiger partial charge in [0.25, 0.3) is 0 Å². The molecule has 0 bridgehead atoms. The maximum Gasteiger partial charge on any atom is 0.0587 e. The van der Waals surface area contributed by atoms with Gasteiger partial charge in [-0.3, -0.25) is 9.58 Å². The van der Waals surface area contributed by atoms with Gasteiger partial charge in [0.05, 0.1) is 12.8 Å². The monoisotopic (exact) mass is 223 g/mol. The van der Waals surface area contributed by atoms with Crippen LogP contribution in [0.15, 0.2) is 12.4 Å². The number of aliphatic hydroxyl groups is 1. The first-order valence-electron chi connectivity index (χ1n) is 6.19. The fourth-order valence-corrected chi connectivity index (χ4v) is 2.38. The van der Waals surface area contributed by atoms with Crippen LogP contribution in [0.5, 0.6) is 0 Å². The van der Waals surface area contributed by atoms with Crippen molar-refractivity contribution in [3.63, 3.8) is 0 Å². The largest absolute Gasteiger partial charge is 0.395 e. The Kier molecular flexibility index (Phi) is 3.96. The van der Waals surface area contributed by atoms with Gasteiger partial charge in [0.15, 0.2) is 0 Å². The van der Waals surface area contributed by atoms with Gasteiger partial charge in [0, 0.05) is 30.9 Å². The molecule has 16 heavy (non-hydrogen) atoms. The molecule has 1 saturated heterocycles. The van der Waals surface area contributed by atoms with Crippen LogP contribution in [-0.4, -0.2) is 39.0 Å². The van der Waals surface area contributed by atoms with Gasteiger partial charge in [-0.2, -0.15) is 5.10 Å². The Morgan fingerprint density at radius 3 is 3.19 bits per heavy atom. The number of aliphatic hydroxyl groups excluding tert-OH is 1. The number of rotatable bonds is 5. The predicted molar refractivity (Wildman–Crippen MR) is 63.0 cm³/mol. The predicted octanol–water partition coefficient (Wildman–Crippen LogP) is 1.25. The number of aromatic nitrogens is 2. The van der Waals surface area contributed by atoms with Gasteiger partial charge in [-0.25, -0.2) is 0 Å². The normalized spacial score (nSPS) is 21.8. The van der Waals surface area contributed by atoms with Crippen molar-refractivity contribution in [2.75, 3.05) is 13.2 Å². The highest BCUT2D eigenvalue weighted by molar-refractivity contribution is 5.04. The second-order valence-corrected chi connectivity index (χ2v) is 4.56. The van der Waals surface area contributed by atoms with Crippen LogP contribution in [0.4, 0.5) is 0 Å². The smallest absolute Gasteiger partial charge is 0.0587 e. The van der Waals surface area contributed by atoms with E-state index in [1.165, 1.54) is 12.0 Å². The maximum absolute atomic E-state index is 9.24. The average molecular weight is 223 g/mol. The molecule has 1 fully saturated rings. The van der Waals surface area contributed by atoms with Crippen molar-refractivity contribution in [1.82, 2.24) is 14.7 Å². The molecule has 0 spiro atoms. The fraction of sp³-hybridized carbons (Fsp3) is 0.750. The van der Waals surface area contributed by atoms with E-state index < -0.39 is 0 Å². The molecule has 0 saturated carbocycles. The third kappa shape index (κ3) is 2.62. The fourth-order valence-electron chi connectivity index (χ4n) is 2.38. The van der Waals surface area contributed by atoms with Gasteiger partial charge in [-0.05, 0) is 25.8 Å². The molecule has 1 unspecified atom stereocenters. The molecule has 1 aliphatic rings. The molecule has 1 N–H and O–H groups in total. The first kappa shape index (κ1) is 11.6. The Hall–Kier alpha value is -0.870. The molecule has 0 aromatic carbocycles. The Morgan fingerprint density at radius 2 is 2.44 bits per heavy atom. The lowest BCUT2D eigenvalue weighted by Crippen LogP contribution is -2.31. The summed E-state index contributed by atoms with van der Waals surface area (Å²) in [6.45, 7) is 5.45. The molecule has 1 aromatic rings. The van der Waals surface area contributed by atoms with Crippen LogP contribution in [0, 0.1) is 0 Å². The van der Waals surface area contributed by atoms with Gasteiger partial charge in [-0.1, -0.05) is 6.92 Å². The van der Waals surface area contributed by atoms with E-state index in [9.17, 15) is 5.11 Å². The average Bonchev–Trinajstić information content (AvgIpc) is 2.89. The zero-order valence-corrected chi connectivity index (χ0v) is 9.97. The molecule has 1 aromatic heterocycles. The van der Waals surface area contributed by atoms with Crippen LogP contribution < -0.4 is 0 Å². The number of hydrogen-bond donors (Lipinski definition) is 1. The lowest BCUT2D eigenvalue weighted by atomic mass is 10.2. The minimum absolute atomic E-state index is 0.281. The number of nitrogens with zero attached hydrogens (tertiary/aromatic N) is 3. The summed E-state index contributed by atoms with van der Waals surface area (Å²) < 4.78 is 2.00. The highest BCUT2D eigenvalue weighted by Gasteiger charge is 2.23. The van der Waals surface area contributed by atoms with Crippen LogP contribution in [0.25, 0.3) is 0 Å². The third-order valence-electron chi connectivity index (χ3n) is 3.23. The summed E-state index contributed by atoms with van der Waals surface area (Å²) in [6, 6.07) is 0.356. The lowest BCUT2D eigenvalue weighted by molar-refractivity contribution is 0.153. The summed E-state index contributed by atoms with van der Waals surface area (Å²) in [5.41, 5.74) is 1.26. The molecule has 2 heterocycles. The Balaban J connectivity index is 1.92. The highest BCUT2D eigenvalue weighted by atomic mass is 16.3. The quantitative estimate of drug-likeness (QED) is 0.817. The van der Waals surface area contributed by atoms with E-state index in [4.69, 9.17) is 0 Å². The second kappa shape index (κ2) is 5.46. The van der Waals surface area contributed by atoms with E-state index in [2.05, 4.69) is 23.1 Å². The van der Waals surface area contributed by atoms with Crippen molar-refractivity contribution < 1.29 is 5.11 Å². The highest BCUT2D eigenvalue weighted by Crippen LogP contribution is 2.19. The van der Waals surface area contributed by atoms with E-state index >= 15 is 0 Å². The molecule has 0 amide bonds. The zero-order chi connectivity index (χ0) is 11.4. The summed E-state index contributed by atoms with van der Waals surface area (Å²) in [4.78, 5) is 2.35. The summed E-state index contributed by atoms with van der Waals surface area (Å²) in [7, 11) is 0. The van der Waals surface area contributed by atoms with E-state index in [0.717, 1.165) is 32.5 Å². The molecular weight excluding hydrogens is 202 g/mol. The van der Waals surface area contributed by atoms with Crippen molar-refractivity contribution in [3.05, 3.63) is 18.0 Å². The molecule has 1 aliphatic heterocycles. The standard InChI is InChI=1S/C12H21N3O/c1-2-5-15-9-11(7-13-15)8-14-6-3-4-12(14)10-16/h7,9,12,16H,2-6,8,10H2,1H3. The number of likely N-dealkylation sites (tertiary alicyclic amines) is 1. The Morgan fingerprint density at radius 1 is 1.56 bits per heavy atom. The molecule has 4 nitrogen and oxygen atoms in total. The summed E-state index contributed by atoms with van der Waals surface area (Å²) in [5, 5.41) is 13.6. The van der Waals surface area contributed by atoms with E-state index in [1.807, 2.05) is 10.9 Å². The minimum atomic E-state index is 0.281. The van der Waals surface area contributed by atoms with E-state index in [1.54, 1.807) is 0 Å². The van der Waals surface area contributed by atoms with Crippen molar-refractivity contribution in [1.29, 1.82) is 0 Å². The van der Waals surface area contributed by atoms with Crippen LogP contribution >= 0.6 is 0 Å². The van der Waals surface area contributed by atoms with E-state index in [0.29, 0.717) is 6.04 Å². The molecule has 4 heteroatoms. The van der Waals surface area contributed by atoms with Gasteiger partial charge in [-0.15, -0.1) is 0 Å². The Bertz CT molecular complexity index is 324. The molecule has 1 atom stereocenters. The molecular formula is C12H21N3O. The maximum atomic E-state index is 9.24. The van der Waals surface area contributed by atoms with Gasteiger partial charge >= 0.3 is 0 Å². The second-order valence-electron chi connectivity index (χ2n) is 4.56. The van der Waals surface area contributed by atoms with Crippen molar-refractivity contribution in [2.24, 2.45) is 0 Å². The van der Waals surface area contributed by atoms with Crippen LogP contribution in [0.3, 0.4) is 0 Å². The van der Waals surface area contributed by atoms with Crippen molar-refractivity contribution in [2.45, 2.75) is 45.3 Å². The summed E-state index contributed by atoms with van der Waals surface area (Å²) in [5.74, 6) is 0. The molecule has 2 rings (SSSR count). The Labute approximate surface area is 96.9 Å². The molecule has 90 valence electrons. The zero-order valence-electron chi connectivity index (χ0n) is 9.97. The number of hydrogen-bond acceptors (Lipinski definition) is 3. The first-order valence-corrected chi connectivity index (χ1v) is 6.19. The number of aryl methyl sites for hydroxylation is 1. The van der Waals surface area contributed by atoms with Crippen molar-refractivity contribution in [3.8, 4) is 0 Å². The van der Waals surface area contributed by atoms with E-state index in [-0.39, 0.29) is 6.61 Å². The van der Waals surface area contributed by atoms with Gasteiger partial charge < -0.3 is 5.11 Å². The molecule has 0 radical (unpaired) electrons. The van der Waals surface area contributed by atoms with Crippen LogP contribution in [0.2, 0.25) is 0 Å². The van der Waals surface area contributed by atoms with Crippen LogP contribution in [-0.2, 0) is 13.1 Å². The van der Waals surface area contributed by atoms with Gasteiger partial charge in [0.2, 0.25) is 0 Å². The minimum Gasteiger partial charge on any atom is -0.395 e. The summed E-state index contributed by atoms with van der Waals surface area (Å²) >= 11 is 0. The SMILES string of the molecule is CCCn1cc(CN2CCCC2CO)cn1. The first-order chi connectivity index (χ1) is 7.83. The summed E-state index contributed by atoms with van der Waals surface area (Å²) in [6.07, 6.45) is 7.51. The van der Waals surface area contributed by atoms with Gasteiger partial charge in [0.1, 0.15) is 0 Å². The topological polar surface area (TPSA) is 41.3 Å². The van der Waals surface area contributed by atoms with Crippen molar-refractivity contribution >= 4 is 0 Å². The lowest BCUT2D eigenvalue weighted by Gasteiger charge is -2.21. The third-order valence-corrected chi connectivity index (χ3v) is 3.23.